The number of carbonyl (C=O) groups excluding carboxylic acids is 4. The van der Waals surface area contributed by atoms with E-state index in [9.17, 15) is 43.2 Å². The van der Waals surface area contributed by atoms with Crippen LogP contribution in [0.15, 0.2) is 0 Å². The van der Waals surface area contributed by atoms with Crippen molar-refractivity contribution < 1.29 is 80.2 Å². The lowest BCUT2D eigenvalue weighted by Crippen LogP contribution is -2.30. The van der Waals surface area contributed by atoms with Crippen LogP contribution in [0.5, 0.6) is 0 Å². The van der Waals surface area contributed by atoms with Crippen LogP contribution in [0.25, 0.3) is 0 Å². The van der Waals surface area contributed by atoms with Gasteiger partial charge in [0.1, 0.15) is 19.3 Å². The summed E-state index contributed by atoms with van der Waals surface area (Å²) in [6, 6.07) is 0. The van der Waals surface area contributed by atoms with Crippen molar-refractivity contribution in [2.24, 2.45) is 11.8 Å². The van der Waals surface area contributed by atoms with Gasteiger partial charge in [0.25, 0.3) is 0 Å². The number of aliphatic hydroxyl groups excluding tert-OH is 1. The average Bonchev–Trinajstić information content (AvgIpc) is 3.63. The van der Waals surface area contributed by atoms with Gasteiger partial charge >= 0.3 is 39.5 Å². The van der Waals surface area contributed by atoms with E-state index in [1.54, 1.807) is 0 Å². The summed E-state index contributed by atoms with van der Waals surface area (Å²) in [6.45, 7) is 9.49. The molecule has 85 heavy (non-hydrogen) atoms. The summed E-state index contributed by atoms with van der Waals surface area (Å²) in [7, 11) is -9.89. The number of phosphoric ester groups is 2. The molecule has 0 aromatic heterocycles. The van der Waals surface area contributed by atoms with E-state index in [1.807, 2.05) is 0 Å². The first-order valence-corrected chi connectivity index (χ1v) is 37.6. The van der Waals surface area contributed by atoms with Gasteiger partial charge in [0, 0.05) is 25.7 Å². The second-order valence-corrected chi connectivity index (χ2v) is 27.2. The van der Waals surface area contributed by atoms with Gasteiger partial charge in [-0.05, 0) is 37.5 Å². The van der Waals surface area contributed by atoms with Crippen LogP contribution >= 0.6 is 15.6 Å². The highest BCUT2D eigenvalue weighted by molar-refractivity contribution is 7.47. The molecule has 17 nitrogen and oxygen atoms in total. The molecular weight excluding hydrogens is 1130 g/mol. The Hall–Kier alpha value is -1.94. The van der Waals surface area contributed by atoms with E-state index >= 15 is 0 Å². The third-order valence-corrected chi connectivity index (χ3v) is 17.8. The number of hydrogen-bond acceptors (Lipinski definition) is 15. The second-order valence-electron chi connectivity index (χ2n) is 24.3. The molecule has 0 aliphatic carbocycles. The zero-order valence-corrected chi connectivity index (χ0v) is 56.7. The molecule has 0 fully saturated rings. The van der Waals surface area contributed by atoms with Crippen LogP contribution in [0.4, 0.5) is 0 Å². The van der Waals surface area contributed by atoms with E-state index in [0.29, 0.717) is 25.7 Å². The smallest absolute Gasteiger partial charge is 0.462 e. The van der Waals surface area contributed by atoms with Crippen molar-refractivity contribution in [3.8, 4) is 0 Å². The highest BCUT2D eigenvalue weighted by atomic mass is 31.2. The molecule has 504 valence electrons. The first kappa shape index (κ1) is 83.1. The van der Waals surface area contributed by atoms with Gasteiger partial charge < -0.3 is 33.8 Å². The highest BCUT2D eigenvalue weighted by Crippen LogP contribution is 2.45. The lowest BCUT2D eigenvalue weighted by Gasteiger charge is -2.21. The van der Waals surface area contributed by atoms with Crippen LogP contribution in [-0.4, -0.2) is 96.7 Å². The van der Waals surface area contributed by atoms with Gasteiger partial charge in [-0.25, -0.2) is 9.13 Å². The lowest BCUT2D eigenvalue weighted by molar-refractivity contribution is -0.161. The summed E-state index contributed by atoms with van der Waals surface area (Å²) in [5.41, 5.74) is 0. The Morgan fingerprint density at radius 1 is 0.329 bits per heavy atom. The van der Waals surface area contributed by atoms with Crippen molar-refractivity contribution in [2.45, 2.75) is 349 Å². The predicted octanol–water partition coefficient (Wildman–Crippen LogP) is 18.4. The first-order chi connectivity index (χ1) is 40.9. The molecule has 0 rings (SSSR count). The summed E-state index contributed by atoms with van der Waals surface area (Å²) in [5, 5.41) is 10.5. The number of esters is 4. The number of hydrogen-bond donors (Lipinski definition) is 3. The van der Waals surface area contributed by atoms with Gasteiger partial charge in [-0.15, -0.1) is 0 Å². The van der Waals surface area contributed by atoms with Crippen LogP contribution < -0.4 is 0 Å². The van der Waals surface area contributed by atoms with Gasteiger partial charge in [-0.2, -0.15) is 0 Å². The van der Waals surface area contributed by atoms with Crippen molar-refractivity contribution in [3.63, 3.8) is 0 Å². The van der Waals surface area contributed by atoms with Gasteiger partial charge in [0.05, 0.1) is 26.4 Å². The molecule has 0 aliphatic heterocycles. The molecule has 0 heterocycles. The average molecular weight is 1260 g/mol. The van der Waals surface area contributed by atoms with Gasteiger partial charge in [0.15, 0.2) is 12.2 Å². The van der Waals surface area contributed by atoms with Crippen molar-refractivity contribution in [1.29, 1.82) is 0 Å². The van der Waals surface area contributed by atoms with Gasteiger partial charge in [-0.1, -0.05) is 279 Å². The van der Waals surface area contributed by atoms with Crippen LogP contribution in [0.3, 0.4) is 0 Å². The fraction of sp³-hybridized carbons (Fsp3) is 0.939. The van der Waals surface area contributed by atoms with Crippen LogP contribution in [-0.2, 0) is 65.4 Å². The van der Waals surface area contributed by atoms with Crippen LogP contribution in [0.2, 0.25) is 0 Å². The third kappa shape index (κ3) is 58.2. The minimum atomic E-state index is -4.95. The Balaban J connectivity index is 5.25. The van der Waals surface area contributed by atoms with Gasteiger partial charge in [0.2, 0.25) is 0 Å². The number of ether oxygens (including phenoxy) is 4. The second kappa shape index (κ2) is 58.4. The maximum absolute atomic E-state index is 13.0. The molecule has 3 N–H and O–H groups in total. The molecule has 0 aromatic carbocycles. The number of phosphoric acid groups is 2. The molecule has 4 unspecified atom stereocenters. The summed E-state index contributed by atoms with van der Waals surface area (Å²) in [4.78, 5) is 72.3. The van der Waals surface area contributed by atoms with Crippen molar-refractivity contribution in [3.05, 3.63) is 0 Å². The zero-order chi connectivity index (χ0) is 62.9. The molecule has 0 amide bonds. The molecule has 0 saturated heterocycles. The van der Waals surface area contributed by atoms with E-state index in [1.165, 1.54) is 141 Å². The molecule has 19 heteroatoms. The molecule has 7 atom stereocenters. The predicted molar refractivity (Wildman–Crippen MR) is 340 cm³/mol. The Bertz CT molecular complexity index is 1670. The Morgan fingerprint density at radius 3 is 0.835 bits per heavy atom. The minimum Gasteiger partial charge on any atom is -0.462 e. The lowest BCUT2D eigenvalue weighted by atomic mass is 9.99. The normalized spacial score (nSPS) is 14.9. The fourth-order valence-corrected chi connectivity index (χ4v) is 11.4. The fourth-order valence-electron chi connectivity index (χ4n) is 9.82. The first-order valence-electron chi connectivity index (χ1n) is 34.6. The van der Waals surface area contributed by atoms with E-state index < -0.39 is 97.5 Å². The standard InChI is InChI=1S/C66H128O17P2/c1-7-11-13-15-17-19-20-21-22-23-32-38-44-50-65(70)82-62(55-77-64(69)49-43-37-31-26-24-28-34-40-46-58(5)9-3)57-81-85(74,75)79-53-60(67)52-78-84(72,73)80-56-61(54-76-63(68)48-42-36-30-18-16-14-12-8-2)83-66(71)51-45-39-33-27-25-29-35-41-47-59(6)10-4/h58-62,67H,7-57H2,1-6H3,(H,72,73)(H,74,75)/t58?,59?,60-,61+,62+/m0/s1. The maximum Gasteiger partial charge on any atom is 0.472 e. The minimum absolute atomic E-state index is 0.105. The molecule has 0 aromatic rings. The molecule has 0 aliphatic rings. The summed E-state index contributed by atoms with van der Waals surface area (Å²) >= 11 is 0. The molecular formula is C66H128O17P2. The topological polar surface area (TPSA) is 237 Å². The van der Waals surface area contributed by atoms with Gasteiger partial charge in [-0.3, -0.25) is 37.3 Å². The molecule has 0 radical (unpaired) electrons. The number of rotatable bonds is 65. The SMILES string of the molecule is CCCCCCCCCCCCCCCC(=O)O[C@H](COC(=O)CCCCCCCCCCC(C)CC)COP(=O)(O)OC[C@@H](O)COP(=O)(O)OC[C@@H](COC(=O)CCCCCCCCCC)OC(=O)CCCCCCCCCCC(C)CC. The third-order valence-electron chi connectivity index (χ3n) is 15.9. The quantitative estimate of drug-likeness (QED) is 0.0222. The van der Waals surface area contributed by atoms with Crippen molar-refractivity contribution in [2.75, 3.05) is 39.6 Å². The maximum atomic E-state index is 13.0. The number of unbranched alkanes of at least 4 members (excludes halogenated alkanes) is 33. The van der Waals surface area contributed by atoms with Crippen molar-refractivity contribution >= 4 is 39.5 Å². The Kier molecular flexibility index (Phi) is 57.1. The monoisotopic (exact) mass is 1250 g/mol. The number of aliphatic hydroxyl groups is 1. The van der Waals surface area contributed by atoms with E-state index in [0.717, 1.165) is 108 Å². The highest BCUT2D eigenvalue weighted by Gasteiger charge is 2.30. The van der Waals surface area contributed by atoms with Crippen LogP contribution in [0, 0.1) is 11.8 Å². The van der Waals surface area contributed by atoms with E-state index in [2.05, 4.69) is 41.5 Å². The van der Waals surface area contributed by atoms with Crippen molar-refractivity contribution in [1.82, 2.24) is 0 Å². The molecule has 0 spiro atoms. The largest absolute Gasteiger partial charge is 0.472 e. The molecule has 0 bridgehead atoms. The summed E-state index contributed by atoms with van der Waals surface area (Å²) in [6.07, 6.45) is 41.5. The van der Waals surface area contributed by atoms with Crippen LogP contribution in [0.1, 0.15) is 330 Å². The summed E-state index contributed by atoms with van der Waals surface area (Å²) < 4.78 is 68.1. The van der Waals surface area contributed by atoms with E-state index in [4.69, 9.17) is 37.0 Å². The Morgan fingerprint density at radius 2 is 0.565 bits per heavy atom. The molecule has 0 saturated carbocycles. The van der Waals surface area contributed by atoms with E-state index in [-0.39, 0.29) is 25.7 Å². The Labute approximate surface area is 517 Å². The summed E-state index contributed by atoms with van der Waals surface area (Å²) in [5.74, 6) is -0.585. The zero-order valence-electron chi connectivity index (χ0n) is 54.9. The number of carbonyl (C=O) groups is 4.